The number of fused-ring (bicyclic) bond motifs is 1. The number of benzene rings is 1. The van der Waals surface area contributed by atoms with E-state index in [9.17, 15) is 18.0 Å². The summed E-state index contributed by atoms with van der Waals surface area (Å²) in [7, 11) is 1.71. The van der Waals surface area contributed by atoms with Crippen molar-refractivity contribution in [3.63, 3.8) is 0 Å². The highest BCUT2D eigenvalue weighted by molar-refractivity contribution is 5.83. The molecule has 0 radical (unpaired) electrons. The van der Waals surface area contributed by atoms with E-state index in [0.29, 0.717) is 34.8 Å². The number of nitrogens with one attached hydrogen (secondary N) is 2. The minimum atomic E-state index is -4.54. The van der Waals surface area contributed by atoms with E-state index in [1.807, 2.05) is 0 Å². The van der Waals surface area contributed by atoms with Crippen LogP contribution in [0.4, 0.5) is 24.5 Å². The third-order valence-electron chi connectivity index (χ3n) is 4.51. The highest BCUT2D eigenvalue weighted by atomic mass is 19.4. The first-order valence-corrected chi connectivity index (χ1v) is 8.41. The summed E-state index contributed by atoms with van der Waals surface area (Å²) >= 11 is 0. The van der Waals surface area contributed by atoms with Gasteiger partial charge in [-0.05, 0) is 43.2 Å². The molecule has 140 valence electrons. The van der Waals surface area contributed by atoms with Crippen LogP contribution in [0.3, 0.4) is 0 Å². The van der Waals surface area contributed by atoms with Crippen molar-refractivity contribution in [2.45, 2.75) is 24.9 Å². The predicted octanol–water partition coefficient (Wildman–Crippen LogP) is 3.93. The van der Waals surface area contributed by atoms with Crippen LogP contribution < -0.4 is 10.6 Å². The fourth-order valence-corrected chi connectivity index (χ4v) is 3.07. The highest BCUT2D eigenvalue weighted by Gasteiger charge is 2.35. The second-order valence-corrected chi connectivity index (χ2v) is 6.36. The van der Waals surface area contributed by atoms with Crippen molar-refractivity contribution < 1.29 is 18.0 Å². The third-order valence-corrected chi connectivity index (χ3v) is 4.51. The van der Waals surface area contributed by atoms with Crippen molar-refractivity contribution in [3.8, 4) is 5.69 Å². The maximum atomic E-state index is 13.1. The van der Waals surface area contributed by atoms with Gasteiger partial charge in [-0.1, -0.05) is 0 Å². The number of amides is 1. The molecule has 1 amide bonds. The molecule has 1 aromatic carbocycles. The van der Waals surface area contributed by atoms with Gasteiger partial charge in [-0.3, -0.25) is 9.36 Å². The Morgan fingerprint density at radius 1 is 1.15 bits per heavy atom. The van der Waals surface area contributed by atoms with Crippen LogP contribution in [-0.2, 0) is 11.0 Å². The summed E-state index contributed by atoms with van der Waals surface area (Å²) in [4.78, 5) is 19.3. The number of nitrogens with zero attached hydrogens (tertiary/aromatic N) is 3. The van der Waals surface area contributed by atoms with Gasteiger partial charge in [0, 0.05) is 13.0 Å². The summed E-state index contributed by atoms with van der Waals surface area (Å²) < 4.78 is 41.1. The number of halogens is 3. The molecule has 1 aliphatic rings. The van der Waals surface area contributed by atoms with Crippen LogP contribution in [0, 0.1) is 0 Å². The number of imidazole rings is 1. The Morgan fingerprint density at radius 2 is 1.93 bits per heavy atom. The number of anilines is 2. The van der Waals surface area contributed by atoms with Crippen LogP contribution in [0.15, 0.2) is 30.3 Å². The molecular formula is C18H16F3N5O. The summed E-state index contributed by atoms with van der Waals surface area (Å²) in [6.07, 6.45) is -2.12. The van der Waals surface area contributed by atoms with E-state index in [-0.39, 0.29) is 11.6 Å². The molecule has 1 aliphatic carbocycles. The molecule has 0 spiro atoms. The zero-order valence-electron chi connectivity index (χ0n) is 14.3. The van der Waals surface area contributed by atoms with Crippen LogP contribution in [0.1, 0.15) is 30.3 Å². The summed E-state index contributed by atoms with van der Waals surface area (Å²) in [6, 6.07) is 7.49. The summed E-state index contributed by atoms with van der Waals surface area (Å²) in [5, 5.41) is 5.56. The zero-order chi connectivity index (χ0) is 19.2. The third kappa shape index (κ3) is 3.09. The lowest BCUT2D eigenvalue weighted by Crippen LogP contribution is -2.09. The Labute approximate surface area is 152 Å². The molecule has 1 saturated carbocycles. The maximum Gasteiger partial charge on any atom is 0.433 e. The molecule has 2 heterocycles. The van der Waals surface area contributed by atoms with Gasteiger partial charge in [-0.2, -0.15) is 13.2 Å². The topological polar surface area (TPSA) is 71.8 Å². The number of aromatic nitrogens is 3. The van der Waals surface area contributed by atoms with Gasteiger partial charge < -0.3 is 10.6 Å². The molecule has 0 saturated heterocycles. The number of carbonyl (C=O) groups is 1. The Balaban J connectivity index is 1.95. The van der Waals surface area contributed by atoms with E-state index in [2.05, 4.69) is 20.6 Å². The normalized spacial score (nSPS) is 14.4. The quantitative estimate of drug-likeness (QED) is 0.663. The van der Waals surface area contributed by atoms with Gasteiger partial charge in [-0.15, -0.1) is 0 Å². The van der Waals surface area contributed by atoms with Crippen molar-refractivity contribution >= 4 is 28.9 Å². The van der Waals surface area contributed by atoms with E-state index < -0.39 is 11.9 Å². The smallest absolute Gasteiger partial charge is 0.386 e. The summed E-state index contributed by atoms with van der Waals surface area (Å²) in [5.41, 5.74) is 1.40. The molecule has 0 unspecified atom stereocenters. The van der Waals surface area contributed by atoms with Crippen molar-refractivity contribution in [1.82, 2.24) is 14.5 Å². The molecule has 0 aliphatic heterocycles. The molecule has 0 atom stereocenters. The SMILES string of the molecule is CNc1ccc(-n2c(C3CC3)nc3ccc(C(F)(F)F)nc32)cc1NC=O. The van der Waals surface area contributed by atoms with Crippen LogP contribution in [0.5, 0.6) is 0 Å². The summed E-state index contributed by atoms with van der Waals surface area (Å²) in [5.74, 6) is 0.881. The molecule has 9 heteroatoms. The van der Waals surface area contributed by atoms with E-state index >= 15 is 0 Å². The van der Waals surface area contributed by atoms with Crippen LogP contribution in [0.2, 0.25) is 0 Å². The van der Waals surface area contributed by atoms with Gasteiger partial charge in [0.15, 0.2) is 5.65 Å². The maximum absolute atomic E-state index is 13.1. The lowest BCUT2D eigenvalue weighted by molar-refractivity contribution is -0.141. The van der Waals surface area contributed by atoms with Gasteiger partial charge in [-0.25, -0.2) is 9.97 Å². The first-order chi connectivity index (χ1) is 12.9. The van der Waals surface area contributed by atoms with Crippen molar-refractivity contribution in [2.75, 3.05) is 17.7 Å². The molecule has 1 fully saturated rings. The van der Waals surface area contributed by atoms with Crippen LogP contribution in [-0.4, -0.2) is 28.0 Å². The van der Waals surface area contributed by atoms with E-state index in [4.69, 9.17) is 0 Å². The van der Waals surface area contributed by atoms with Gasteiger partial charge in [0.05, 0.1) is 17.1 Å². The zero-order valence-corrected chi connectivity index (χ0v) is 14.3. The number of hydrogen-bond donors (Lipinski definition) is 2. The fraction of sp³-hybridized carbons (Fsp3) is 0.278. The standard InChI is InChI=1S/C18H16F3N5O/c1-22-12-5-4-11(8-14(12)23-9-27)26-16(10-2-3-10)24-13-6-7-15(18(19,20)21)25-17(13)26/h4-10,22H,2-3H2,1H3,(H,23,27). The number of rotatable bonds is 5. The molecule has 6 nitrogen and oxygen atoms in total. The van der Waals surface area contributed by atoms with Gasteiger partial charge >= 0.3 is 6.18 Å². The van der Waals surface area contributed by atoms with E-state index in [0.717, 1.165) is 18.9 Å². The van der Waals surface area contributed by atoms with E-state index in [1.165, 1.54) is 6.07 Å². The van der Waals surface area contributed by atoms with Crippen LogP contribution in [0.25, 0.3) is 16.9 Å². The first-order valence-electron chi connectivity index (χ1n) is 8.41. The number of pyridine rings is 1. The molecule has 3 aromatic rings. The molecule has 2 N–H and O–H groups in total. The lowest BCUT2D eigenvalue weighted by Gasteiger charge is -2.14. The molecule has 2 aromatic heterocycles. The van der Waals surface area contributed by atoms with Crippen molar-refractivity contribution in [2.24, 2.45) is 0 Å². The molecule has 27 heavy (non-hydrogen) atoms. The van der Waals surface area contributed by atoms with Crippen LogP contribution >= 0.6 is 0 Å². The summed E-state index contributed by atoms with van der Waals surface area (Å²) in [6.45, 7) is 0. The average molecular weight is 375 g/mol. The average Bonchev–Trinajstić information content (AvgIpc) is 3.41. The van der Waals surface area contributed by atoms with Gasteiger partial charge in [0.25, 0.3) is 0 Å². The highest BCUT2D eigenvalue weighted by Crippen LogP contribution is 2.42. The van der Waals surface area contributed by atoms with Crippen molar-refractivity contribution in [3.05, 3.63) is 41.9 Å². The Bertz CT molecular complexity index is 1020. The number of alkyl halides is 3. The van der Waals surface area contributed by atoms with E-state index in [1.54, 1.807) is 29.8 Å². The van der Waals surface area contributed by atoms with Crippen molar-refractivity contribution in [1.29, 1.82) is 0 Å². The Kier molecular flexibility index (Phi) is 4.01. The molecular weight excluding hydrogens is 359 g/mol. The molecule has 0 bridgehead atoms. The second-order valence-electron chi connectivity index (χ2n) is 6.36. The molecule has 4 rings (SSSR count). The van der Waals surface area contributed by atoms with Gasteiger partial charge in [0.1, 0.15) is 17.0 Å². The Hall–Kier alpha value is -3.10. The lowest BCUT2D eigenvalue weighted by atomic mass is 10.2. The monoisotopic (exact) mass is 375 g/mol. The first kappa shape index (κ1) is 17.3. The Morgan fingerprint density at radius 3 is 2.56 bits per heavy atom. The van der Waals surface area contributed by atoms with Gasteiger partial charge in [0.2, 0.25) is 6.41 Å². The minimum Gasteiger partial charge on any atom is -0.386 e. The number of carbonyl (C=O) groups excluding carboxylic acids is 1. The largest absolute Gasteiger partial charge is 0.433 e. The predicted molar refractivity (Wildman–Crippen MR) is 95.1 cm³/mol. The second kappa shape index (κ2) is 6.26. The fourth-order valence-electron chi connectivity index (χ4n) is 3.07. The number of hydrogen-bond acceptors (Lipinski definition) is 4. The minimum absolute atomic E-state index is 0.154.